The maximum Gasteiger partial charge on any atom is 0.164 e. The topological polar surface area (TPSA) is 47.9 Å². The number of hydrogen-bond acceptors (Lipinski definition) is 4. The third-order valence-electron chi connectivity index (χ3n) is 13.0. The normalized spacial score (nSPS) is 13.1. The van der Waals surface area contributed by atoms with Crippen LogP contribution in [-0.4, -0.2) is 15.0 Å². The first-order chi connectivity index (χ1) is 30.7. The standard InChI is InChI=1S/C58H35N3O/c1-3-15-36(16-4-1)55-59-56(37-17-5-2-6-18-37)61-57(60-55)40-29-32-49-48(34-40)46-31-28-39(35-52(46)58(49)50-23-11-13-25-53(50)62-54-26-14-12-24-51(54)58)38-27-30-45-43-21-8-7-19-41(43)42-20-9-10-22-44(42)47(45)33-38/h1-35H. The largest absolute Gasteiger partial charge is 0.457 e. The lowest BCUT2D eigenvalue weighted by molar-refractivity contribution is 0.436. The molecule has 0 atom stereocenters. The van der Waals surface area contributed by atoms with Gasteiger partial charge in [-0.05, 0) is 96.0 Å². The van der Waals surface area contributed by atoms with E-state index in [-0.39, 0.29) is 0 Å². The van der Waals surface area contributed by atoms with Gasteiger partial charge in [-0.2, -0.15) is 0 Å². The summed E-state index contributed by atoms with van der Waals surface area (Å²) in [5.74, 6) is 3.63. The zero-order valence-corrected chi connectivity index (χ0v) is 33.5. The van der Waals surface area contributed by atoms with E-state index >= 15 is 0 Å². The third kappa shape index (κ3) is 5.04. The number of hydrogen-bond donors (Lipinski definition) is 0. The fourth-order valence-corrected chi connectivity index (χ4v) is 10.2. The van der Waals surface area contributed by atoms with Gasteiger partial charge >= 0.3 is 0 Å². The molecule has 0 saturated carbocycles. The van der Waals surface area contributed by atoms with Gasteiger partial charge in [-0.1, -0.05) is 182 Å². The van der Waals surface area contributed by atoms with Crippen LogP contribution < -0.4 is 4.74 Å². The minimum absolute atomic E-state index is 0.628. The molecule has 1 spiro atoms. The number of rotatable bonds is 4. The van der Waals surface area contributed by atoms with Gasteiger partial charge in [0.2, 0.25) is 0 Å². The van der Waals surface area contributed by atoms with Crippen LogP contribution in [0.2, 0.25) is 0 Å². The molecule has 0 saturated heterocycles. The molecule has 4 heteroatoms. The molecule has 0 amide bonds. The fraction of sp³-hybridized carbons (Fsp3) is 0.0172. The minimum Gasteiger partial charge on any atom is -0.457 e. The molecular formula is C58H35N3O. The molecule has 2 aliphatic rings. The van der Waals surface area contributed by atoms with Crippen molar-refractivity contribution in [3.8, 4) is 67.9 Å². The van der Waals surface area contributed by atoms with Crippen LogP contribution in [0.1, 0.15) is 22.3 Å². The maximum atomic E-state index is 6.71. The first-order valence-corrected chi connectivity index (χ1v) is 21.1. The Balaban J connectivity index is 1.06. The number of aromatic nitrogens is 3. The Hall–Kier alpha value is -8.21. The highest BCUT2D eigenvalue weighted by Gasteiger charge is 2.51. The molecule has 1 aromatic heterocycles. The van der Waals surface area contributed by atoms with Crippen molar-refractivity contribution in [1.29, 1.82) is 0 Å². The van der Waals surface area contributed by atoms with Gasteiger partial charge in [0.1, 0.15) is 11.5 Å². The fourth-order valence-electron chi connectivity index (χ4n) is 10.2. The Morgan fingerprint density at radius 3 is 1.32 bits per heavy atom. The van der Waals surface area contributed by atoms with Crippen LogP contribution in [0, 0.1) is 0 Å². The molecule has 62 heavy (non-hydrogen) atoms. The Labute approximate surface area is 358 Å². The zero-order valence-electron chi connectivity index (χ0n) is 33.5. The molecule has 288 valence electrons. The average molecular weight is 790 g/mol. The first-order valence-electron chi connectivity index (χ1n) is 21.1. The number of fused-ring (bicyclic) bond motifs is 15. The van der Waals surface area contributed by atoms with Crippen LogP contribution in [0.25, 0.3) is 88.7 Å². The summed E-state index contributed by atoms with van der Waals surface area (Å²) in [4.78, 5) is 15.2. The van der Waals surface area contributed by atoms with Gasteiger partial charge in [-0.25, -0.2) is 15.0 Å². The molecule has 2 heterocycles. The van der Waals surface area contributed by atoms with Crippen molar-refractivity contribution in [1.82, 2.24) is 15.0 Å². The van der Waals surface area contributed by atoms with Crippen molar-refractivity contribution in [2.45, 2.75) is 5.41 Å². The lowest BCUT2D eigenvalue weighted by atomic mass is 9.66. The molecule has 0 bridgehead atoms. The Morgan fingerprint density at radius 2 is 0.726 bits per heavy atom. The van der Waals surface area contributed by atoms with Crippen molar-refractivity contribution in [3.05, 3.63) is 235 Å². The monoisotopic (exact) mass is 789 g/mol. The highest BCUT2D eigenvalue weighted by molar-refractivity contribution is 6.25. The van der Waals surface area contributed by atoms with Crippen molar-refractivity contribution in [2.75, 3.05) is 0 Å². The molecule has 11 aromatic rings. The van der Waals surface area contributed by atoms with E-state index in [1.165, 1.54) is 54.6 Å². The SMILES string of the molecule is c1ccc(-c2nc(-c3ccccc3)nc(-c3ccc4c(c3)-c3ccc(-c5ccc6c7ccccc7c7ccccc7c6c5)cc3C43c4ccccc4Oc4ccccc43)n2)cc1. The van der Waals surface area contributed by atoms with Gasteiger partial charge in [0.05, 0.1) is 5.41 Å². The summed E-state index contributed by atoms with van der Waals surface area (Å²) in [6.07, 6.45) is 0. The van der Waals surface area contributed by atoms with Crippen molar-refractivity contribution < 1.29 is 4.74 Å². The van der Waals surface area contributed by atoms with Gasteiger partial charge in [-0.3, -0.25) is 0 Å². The van der Waals surface area contributed by atoms with Gasteiger partial charge in [-0.15, -0.1) is 0 Å². The second-order valence-electron chi connectivity index (χ2n) is 16.3. The molecule has 4 nitrogen and oxygen atoms in total. The smallest absolute Gasteiger partial charge is 0.164 e. The molecule has 0 N–H and O–H groups in total. The number of ether oxygens (including phenoxy) is 1. The van der Waals surface area contributed by atoms with Gasteiger partial charge in [0, 0.05) is 27.8 Å². The molecule has 10 aromatic carbocycles. The van der Waals surface area contributed by atoms with E-state index in [9.17, 15) is 0 Å². The Bertz CT molecular complexity index is 3480. The predicted molar refractivity (Wildman–Crippen MR) is 251 cm³/mol. The summed E-state index contributed by atoms with van der Waals surface area (Å²) < 4.78 is 6.71. The predicted octanol–water partition coefficient (Wildman–Crippen LogP) is 14.5. The highest BCUT2D eigenvalue weighted by atomic mass is 16.5. The average Bonchev–Trinajstić information content (AvgIpc) is 3.63. The summed E-state index contributed by atoms with van der Waals surface area (Å²) in [5.41, 5.74) is 11.5. The summed E-state index contributed by atoms with van der Waals surface area (Å²) >= 11 is 0. The van der Waals surface area contributed by atoms with Crippen LogP contribution in [0.5, 0.6) is 11.5 Å². The first kappa shape index (κ1) is 34.6. The van der Waals surface area contributed by atoms with Crippen LogP contribution in [-0.2, 0) is 5.41 Å². The maximum absolute atomic E-state index is 6.71. The summed E-state index contributed by atoms with van der Waals surface area (Å²) in [6, 6.07) is 75.7. The molecule has 13 rings (SSSR count). The number of nitrogens with zero attached hydrogens (tertiary/aromatic N) is 3. The molecule has 0 unspecified atom stereocenters. The van der Waals surface area contributed by atoms with Gasteiger partial charge in [0.15, 0.2) is 17.5 Å². The number of benzene rings is 10. The van der Waals surface area contributed by atoms with E-state index < -0.39 is 5.41 Å². The van der Waals surface area contributed by atoms with E-state index in [1.807, 2.05) is 36.4 Å². The summed E-state index contributed by atoms with van der Waals surface area (Å²) in [7, 11) is 0. The van der Waals surface area contributed by atoms with Crippen LogP contribution >= 0.6 is 0 Å². The van der Waals surface area contributed by atoms with E-state index in [1.54, 1.807) is 0 Å². The molecule has 0 radical (unpaired) electrons. The van der Waals surface area contributed by atoms with Gasteiger partial charge in [0.25, 0.3) is 0 Å². The van der Waals surface area contributed by atoms with Crippen LogP contribution in [0.4, 0.5) is 0 Å². The zero-order chi connectivity index (χ0) is 40.8. The summed E-state index contributed by atoms with van der Waals surface area (Å²) in [5, 5.41) is 7.60. The van der Waals surface area contributed by atoms with E-state index in [0.717, 1.165) is 50.4 Å². The van der Waals surface area contributed by atoms with Crippen LogP contribution in [0.3, 0.4) is 0 Å². The lowest BCUT2D eigenvalue weighted by Crippen LogP contribution is -2.32. The second kappa shape index (κ2) is 13.4. The lowest BCUT2D eigenvalue weighted by Gasteiger charge is -2.39. The van der Waals surface area contributed by atoms with E-state index in [0.29, 0.717) is 17.5 Å². The van der Waals surface area contributed by atoms with E-state index in [2.05, 4.69) is 176 Å². The number of para-hydroxylation sites is 2. The van der Waals surface area contributed by atoms with Gasteiger partial charge < -0.3 is 4.74 Å². The molecule has 1 aliphatic heterocycles. The third-order valence-corrected chi connectivity index (χ3v) is 13.0. The molecule has 0 fully saturated rings. The van der Waals surface area contributed by atoms with E-state index in [4.69, 9.17) is 19.7 Å². The second-order valence-corrected chi connectivity index (χ2v) is 16.3. The van der Waals surface area contributed by atoms with Crippen molar-refractivity contribution in [2.24, 2.45) is 0 Å². The molecule has 1 aliphatic carbocycles. The quantitative estimate of drug-likeness (QED) is 0.167. The Morgan fingerprint density at radius 1 is 0.274 bits per heavy atom. The molecular weight excluding hydrogens is 755 g/mol. The van der Waals surface area contributed by atoms with Crippen molar-refractivity contribution >= 4 is 32.3 Å². The summed E-state index contributed by atoms with van der Waals surface area (Å²) in [6.45, 7) is 0. The van der Waals surface area contributed by atoms with Crippen LogP contribution in [0.15, 0.2) is 212 Å². The minimum atomic E-state index is -0.645. The highest BCUT2D eigenvalue weighted by Crippen LogP contribution is 2.62. The van der Waals surface area contributed by atoms with Crippen molar-refractivity contribution in [3.63, 3.8) is 0 Å². The Kier molecular flexibility index (Phi) is 7.49.